The summed E-state index contributed by atoms with van der Waals surface area (Å²) in [6.07, 6.45) is 1.29. The van der Waals surface area contributed by atoms with Gasteiger partial charge in [-0.1, -0.05) is 37.3 Å². The van der Waals surface area contributed by atoms with Crippen LogP contribution in [0.4, 0.5) is 0 Å². The number of ketones is 1. The number of Topliss-reactive ketones (excluding diaryl/α,β-unsaturated/α-hetero) is 1. The Labute approximate surface area is 84.6 Å². The molecule has 0 radical (unpaired) electrons. The fraction of sp³-hybridized carbons (Fsp3) is 0.417. The first-order valence-electron chi connectivity index (χ1n) is 4.91. The first kappa shape index (κ1) is 10.9. The summed E-state index contributed by atoms with van der Waals surface area (Å²) in [5.74, 6) is -0.0879. The predicted molar refractivity (Wildman–Crippen MR) is 56.0 cm³/mol. The summed E-state index contributed by atoms with van der Waals surface area (Å²) >= 11 is 0. The van der Waals surface area contributed by atoms with Gasteiger partial charge in [0.05, 0.1) is 6.61 Å². The minimum atomic E-state index is -0.223. The highest BCUT2D eigenvalue weighted by atomic mass is 16.3. The third kappa shape index (κ3) is 3.30. The molecule has 0 amide bonds. The second kappa shape index (κ2) is 5.55. The Morgan fingerprint density at radius 1 is 1.36 bits per heavy atom. The molecule has 0 aliphatic rings. The largest absolute Gasteiger partial charge is 0.396 e. The quantitative estimate of drug-likeness (QED) is 0.772. The molecule has 0 fully saturated rings. The van der Waals surface area contributed by atoms with Crippen LogP contribution in [0.3, 0.4) is 0 Å². The molecule has 0 heterocycles. The monoisotopic (exact) mass is 192 g/mol. The molecule has 1 aromatic carbocycles. The van der Waals surface area contributed by atoms with Crippen molar-refractivity contribution in [3.05, 3.63) is 35.9 Å². The van der Waals surface area contributed by atoms with Gasteiger partial charge in [-0.05, 0) is 12.0 Å². The fourth-order valence-corrected chi connectivity index (χ4v) is 1.26. The molecular formula is C12H16O2. The first-order chi connectivity index (χ1) is 6.74. The Hall–Kier alpha value is -1.15. The van der Waals surface area contributed by atoms with Crippen LogP contribution < -0.4 is 0 Å². The number of benzene rings is 1. The SMILES string of the molecule is C[C@H](CO)C(=O)CCc1ccccc1. The maximum Gasteiger partial charge on any atom is 0.138 e. The van der Waals surface area contributed by atoms with Crippen molar-refractivity contribution in [3.8, 4) is 0 Å². The van der Waals surface area contributed by atoms with Gasteiger partial charge in [0.1, 0.15) is 5.78 Å². The van der Waals surface area contributed by atoms with E-state index < -0.39 is 0 Å². The zero-order valence-electron chi connectivity index (χ0n) is 8.44. The maximum absolute atomic E-state index is 11.4. The number of hydrogen-bond donors (Lipinski definition) is 1. The lowest BCUT2D eigenvalue weighted by Crippen LogP contribution is -2.15. The smallest absolute Gasteiger partial charge is 0.138 e. The minimum absolute atomic E-state index is 0.0480. The Morgan fingerprint density at radius 2 is 2.00 bits per heavy atom. The highest BCUT2D eigenvalue weighted by Gasteiger charge is 2.10. The van der Waals surface area contributed by atoms with Crippen molar-refractivity contribution in [2.24, 2.45) is 5.92 Å². The second-order valence-corrected chi connectivity index (χ2v) is 3.54. The molecule has 0 aliphatic heterocycles. The van der Waals surface area contributed by atoms with Crippen molar-refractivity contribution in [2.75, 3.05) is 6.61 Å². The van der Waals surface area contributed by atoms with Gasteiger partial charge < -0.3 is 5.11 Å². The molecule has 0 saturated carbocycles. The molecular weight excluding hydrogens is 176 g/mol. The molecule has 2 nitrogen and oxygen atoms in total. The zero-order chi connectivity index (χ0) is 10.4. The Kier molecular flexibility index (Phi) is 4.33. The van der Waals surface area contributed by atoms with Crippen LogP contribution in [0, 0.1) is 5.92 Å². The Bertz CT molecular complexity index is 280. The first-order valence-corrected chi connectivity index (χ1v) is 4.91. The standard InChI is InChI=1S/C12H16O2/c1-10(9-13)12(14)8-7-11-5-3-2-4-6-11/h2-6,10,13H,7-9H2,1H3/t10-/m1/s1. The number of rotatable bonds is 5. The summed E-state index contributed by atoms with van der Waals surface area (Å²) in [5, 5.41) is 8.78. The summed E-state index contributed by atoms with van der Waals surface area (Å²) < 4.78 is 0. The van der Waals surface area contributed by atoms with Gasteiger partial charge in [-0.25, -0.2) is 0 Å². The summed E-state index contributed by atoms with van der Waals surface area (Å²) in [7, 11) is 0. The van der Waals surface area contributed by atoms with E-state index in [1.54, 1.807) is 6.92 Å². The molecule has 0 aliphatic carbocycles. The van der Waals surface area contributed by atoms with Gasteiger partial charge in [-0.15, -0.1) is 0 Å². The number of carbonyl (C=O) groups is 1. The minimum Gasteiger partial charge on any atom is -0.396 e. The van der Waals surface area contributed by atoms with Gasteiger partial charge in [-0.3, -0.25) is 4.79 Å². The van der Waals surface area contributed by atoms with E-state index in [4.69, 9.17) is 5.11 Å². The van der Waals surface area contributed by atoms with Crippen LogP contribution in [0.15, 0.2) is 30.3 Å². The van der Waals surface area contributed by atoms with Crippen LogP contribution in [0.2, 0.25) is 0 Å². The fourth-order valence-electron chi connectivity index (χ4n) is 1.26. The van der Waals surface area contributed by atoms with E-state index in [-0.39, 0.29) is 18.3 Å². The van der Waals surface area contributed by atoms with Crippen LogP contribution in [-0.4, -0.2) is 17.5 Å². The molecule has 1 rings (SSSR count). The number of carbonyl (C=O) groups excluding carboxylic acids is 1. The van der Waals surface area contributed by atoms with Crippen LogP contribution in [0.1, 0.15) is 18.9 Å². The van der Waals surface area contributed by atoms with Crippen molar-refractivity contribution in [1.82, 2.24) is 0 Å². The molecule has 0 bridgehead atoms. The van der Waals surface area contributed by atoms with E-state index >= 15 is 0 Å². The number of hydrogen-bond acceptors (Lipinski definition) is 2. The second-order valence-electron chi connectivity index (χ2n) is 3.54. The third-order valence-electron chi connectivity index (χ3n) is 2.33. The summed E-state index contributed by atoms with van der Waals surface area (Å²) in [6, 6.07) is 9.92. The van der Waals surface area contributed by atoms with E-state index in [0.29, 0.717) is 6.42 Å². The van der Waals surface area contributed by atoms with E-state index in [1.165, 1.54) is 5.56 Å². The van der Waals surface area contributed by atoms with Gasteiger partial charge >= 0.3 is 0 Å². The molecule has 2 heteroatoms. The molecule has 1 N–H and O–H groups in total. The van der Waals surface area contributed by atoms with E-state index in [9.17, 15) is 4.79 Å². The molecule has 0 spiro atoms. The van der Waals surface area contributed by atoms with Crippen molar-refractivity contribution in [2.45, 2.75) is 19.8 Å². The Morgan fingerprint density at radius 3 is 2.57 bits per heavy atom. The van der Waals surface area contributed by atoms with Crippen LogP contribution >= 0.6 is 0 Å². The van der Waals surface area contributed by atoms with Crippen molar-refractivity contribution in [1.29, 1.82) is 0 Å². The van der Waals surface area contributed by atoms with Crippen molar-refractivity contribution >= 4 is 5.78 Å². The van der Waals surface area contributed by atoms with Crippen molar-refractivity contribution in [3.63, 3.8) is 0 Å². The zero-order valence-corrected chi connectivity index (χ0v) is 8.44. The molecule has 0 saturated heterocycles. The van der Waals surface area contributed by atoms with E-state index in [0.717, 1.165) is 6.42 Å². The molecule has 0 unspecified atom stereocenters. The lowest BCUT2D eigenvalue weighted by Gasteiger charge is -2.06. The molecule has 14 heavy (non-hydrogen) atoms. The molecule has 76 valence electrons. The summed E-state index contributed by atoms with van der Waals surface area (Å²) in [6.45, 7) is 1.71. The van der Waals surface area contributed by atoms with E-state index in [2.05, 4.69) is 0 Å². The normalized spacial score (nSPS) is 12.4. The summed E-state index contributed by atoms with van der Waals surface area (Å²) in [4.78, 5) is 11.4. The lowest BCUT2D eigenvalue weighted by molar-refractivity contribution is -0.123. The number of aryl methyl sites for hydroxylation is 1. The Balaban J connectivity index is 2.38. The van der Waals surface area contributed by atoms with Gasteiger partial charge in [0.2, 0.25) is 0 Å². The summed E-state index contributed by atoms with van der Waals surface area (Å²) in [5.41, 5.74) is 1.17. The van der Waals surface area contributed by atoms with Crippen LogP contribution in [0.5, 0.6) is 0 Å². The number of aliphatic hydroxyl groups excluding tert-OH is 1. The molecule has 1 atom stereocenters. The van der Waals surface area contributed by atoms with Crippen LogP contribution in [-0.2, 0) is 11.2 Å². The molecule has 0 aromatic heterocycles. The topological polar surface area (TPSA) is 37.3 Å². The van der Waals surface area contributed by atoms with Crippen molar-refractivity contribution < 1.29 is 9.90 Å². The van der Waals surface area contributed by atoms with Gasteiger partial charge in [-0.2, -0.15) is 0 Å². The number of aliphatic hydroxyl groups is 1. The van der Waals surface area contributed by atoms with Crippen LogP contribution in [0.25, 0.3) is 0 Å². The van der Waals surface area contributed by atoms with Gasteiger partial charge in [0.15, 0.2) is 0 Å². The lowest BCUT2D eigenvalue weighted by atomic mass is 10.0. The van der Waals surface area contributed by atoms with E-state index in [1.807, 2.05) is 30.3 Å². The highest BCUT2D eigenvalue weighted by molar-refractivity contribution is 5.80. The average molecular weight is 192 g/mol. The van der Waals surface area contributed by atoms with Gasteiger partial charge in [0, 0.05) is 12.3 Å². The highest BCUT2D eigenvalue weighted by Crippen LogP contribution is 2.06. The molecule has 1 aromatic rings. The predicted octanol–water partition coefficient (Wildman–Crippen LogP) is 1.82. The maximum atomic E-state index is 11.4. The third-order valence-corrected chi connectivity index (χ3v) is 2.33. The van der Waals surface area contributed by atoms with Gasteiger partial charge in [0.25, 0.3) is 0 Å². The average Bonchev–Trinajstić information content (AvgIpc) is 2.26.